The standard InChI is InChI=1S/C22H25ClN4O2S/c1-15-22(16(2)26-25-15)30(28,29)27-11-3-4-19(14-27)21-10-7-18(13-24-21)12-17-5-8-20(23)9-6-17/h5-10,13,19H,3-4,11-12,14H2,1-2H3,(H,25,26). The van der Waals surface area contributed by atoms with Crippen molar-refractivity contribution in [1.82, 2.24) is 19.5 Å². The smallest absolute Gasteiger partial charge is 0.246 e. The number of rotatable bonds is 5. The van der Waals surface area contributed by atoms with E-state index < -0.39 is 10.0 Å². The molecule has 2 aromatic heterocycles. The number of nitrogens with one attached hydrogen (secondary N) is 1. The summed E-state index contributed by atoms with van der Waals surface area (Å²) in [5, 5.41) is 7.56. The van der Waals surface area contributed by atoms with Gasteiger partial charge in [-0.05, 0) is 62.4 Å². The maximum Gasteiger partial charge on any atom is 0.246 e. The van der Waals surface area contributed by atoms with Gasteiger partial charge in [0.1, 0.15) is 4.90 Å². The lowest BCUT2D eigenvalue weighted by Gasteiger charge is -2.31. The van der Waals surface area contributed by atoms with Gasteiger partial charge in [-0.15, -0.1) is 0 Å². The molecule has 30 heavy (non-hydrogen) atoms. The van der Waals surface area contributed by atoms with Crippen LogP contribution in [0.15, 0.2) is 47.5 Å². The van der Waals surface area contributed by atoms with Gasteiger partial charge < -0.3 is 0 Å². The first kappa shape index (κ1) is 21.0. The lowest BCUT2D eigenvalue weighted by Crippen LogP contribution is -2.39. The number of nitrogens with zero attached hydrogens (tertiary/aromatic N) is 3. The molecule has 1 unspecified atom stereocenters. The fourth-order valence-electron chi connectivity index (χ4n) is 4.07. The van der Waals surface area contributed by atoms with Crippen LogP contribution in [0.3, 0.4) is 0 Å². The Morgan fingerprint density at radius 2 is 1.87 bits per heavy atom. The zero-order valence-corrected chi connectivity index (χ0v) is 18.7. The molecule has 3 aromatic rings. The Bertz CT molecular complexity index is 1110. The first-order chi connectivity index (χ1) is 14.3. The van der Waals surface area contributed by atoms with Crippen molar-refractivity contribution >= 4 is 21.6 Å². The Balaban J connectivity index is 1.49. The van der Waals surface area contributed by atoms with Crippen molar-refractivity contribution in [2.24, 2.45) is 0 Å². The molecule has 0 aliphatic carbocycles. The van der Waals surface area contributed by atoms with Crippen LogP contribution in [0.25, 0.3) is 0 Å². The number of aromatic amines is 1. The number of H-pyrrole nitrogens is 1. The highest BCUT2D eigenvalue weighted by Crippen LogP contribution is 2.31. The average Bonchev–Trinajstić information content (AvgIpc) is 3.09. The Morgan fingerprint density at radius 3 is 2.50 bits per heavy atom. The molecule has 158 valence electrons. The van der Waals surface area contributed by atoms with Crippen LogP contribution in [0.1, 0.15) is 47.0 Å². The second kappa shape index (κ2) is 8.49. The van der Waals surface area contributed by atoms with Crippen molar-refractivity contribution in [3.05, 3.63) is 75.8 Å². The summed E-state index contributed by atoms with van der Waals surface area (Å²) < 4.78 is 27.9. The van der Waals surface area contributed by atoms with E-state index in [0.717, 1.165) is 35.5 Å². The molecule has 8 heteroatoms. The van der Waals surface area contributed by atoms with Crippen LogP contribution in [-0.2, 0) is 16.4 Å². The van der Waals surface area contributed by atoms with E-state index in [0.29, 0.717) is 29.4 Å². The first-order valence-corrected chi connectivity index (χ1v) is 11.9. The van der Waals surface area contributed by atoms with Crippen LogP contribution in [-0.4, -0.2) is 41.0 Å². The second-order valence-corrected chi connectivity index (χ2v) is 10.2. The van der Waals surface area contributed by atoms with E-state index in [2.05, 4.69) is 21.2 Å². The van der Waals surface area contributed by atoms with Crippen LogP contribution >= 0.6 is 11.6 Å². The third kappa shape index (κ3) is 4.29. The predicted octanol–water partition coefficient (Wildman–Crippen LogP) is 4.23. The zero-order chi connectivity index (χ0) is 21.3. The van der Waals surface area contributed by atoms with Crippen LogP contribution < -0.4 is 0 Å². The summed E-state index contributed by atoms with van der Waals surface area (Å²) in [6, 6.07) is 11.9. The third-order valence-corrected chi connectivity index (χ3v) is 8.01. The van der Waals surface area contributed by atoms with Crippen LogP contribution in [0.5, 0.6) is 0 Å². The molecule has 1 aliphatic heterocycles. The van der Waals surface area contributed by atoms with Crippen molar-refractivity contribution in [2.45, 2.75) is 43.9 Å². The maximum atomic E-state index is 13.2. The molecule has 0 spiro atoms. The van der Waals surface area contributed by atoms with Gasteiger partial charge in [-0.3, -0.25) is 10.1 Å². The van der Waals surface area contributed by atoms with Crippen LogP contribution in [0, 0.1) is 13.8 Å². The number of hydrogen-bond acceptors (Lipinski definition) is 4. The normalized spacial score (nSPS) is 17.9. The second-order valence-electron chi connectivity index (χ2n) is 7.86. The zero-order valence-electron chi connectivity index (χ0n) is 17.1. The summed E-state index contributed by atoms with van der Waals surface area (Å²) in [6.07, 6.45) is 4.42. The fourth-order valence-corrected chi connectivity index (χ4v) is 6.05. The Morgan fingerprint density at radius 1 is 1.13 bits per heavy atom. The van der Waals surface area contributed by atoms with E-state index in [1.54, 1.807) is 18.2 Å². The molecule has 1 aliphatic rings. The Kier molecular flexibility index (Phi) is 5.95. The van der Waals surface area contributed by atoms with Crippen LogP contribution in [0.2, 0.25) is 5.02 Å². The van der Waals surface area contributed by atoms with Crippen LogP contribution in [0.4, 0.5) is 0 Å². The number of halogens is 1. The first-order valence-electron chi connectivity index (χ1n) is 10.1. The summed E-state index contributed by atoms with van der Waals surface area (Å²) in [7, 11) is -3.57. The maximum absolute atomic E-state index is 13.2. The van der Waals surface area contributed by atoms with Gasteiger partial charge in [0.25, 0.3) is 0 Å². The average molecular weight is 445 g/mol. The van der Waals surface area contributed by atoms with Crippen molar-refractivity contribution in [1.29, 1.82) is 0 Å². The van der Waals surface area contributed by atoms with Gasteiger partial charge >= 0.3 is 0 Å². The fraction of sp³-hybridized carbons (Fsp3) is 0.364. The Labute approximate surface area is 182 Å². The summed E-state index contributed by atoms with van der Waals surface area (Å²) in [5.74, 6) is 0.0885. The number of aryl methyl sites for hydroxylation is 2. The molecular formula is C22H25ClN4O2S. The largest absolute Gasteiger partial charge is 0.281 e. The number of sulfonamides is 1. The van der Waals surface area contributed by atoms with Crippen molar-refractivity contribution in [3.8, 4) is 0 Å². The molecule has 3 heterocycles. The highest BCUT2D eigenvalue weighted by molar-refractivity contribution is 7.89. The van der Waals surface area contributed by atoms with E-state index in [1.165, 1.54) is 5.56 Å². The quantitative estimate of drug-likeness (QED) is 0.638. The molecule has 0 saturated carbocycles. The summed E-state index contributed by atoms with van der Waals surface area (Å²) in [5.41, 5.74) is 4.33. The number of benzene rings is 1. The van der Waals surface area contributed by atoms with Gasteiger partial charge in [-0.1, -0.05) is 29.8 Å². The van der Waals surface area contributed by atoms with Gasteiger partial charge in [0, 0.05) is 35.9 Å². The van der Waals surface area contributed by atoms with Crippen molar-refractivity contribution < 1.29 is 8.42 Å². The molecule has 0 radical (unpaired) electrons. The number of aromatic nitrogens is 3. The molecule has 1 atom stereocenters. The highest BCUT2D eigenvalue weighted by Gasteiger charge is 2.34. The van der Waals surface area contributed by atoms with Gasteiger partial charge in [-0.2, -0.15) is 9.40 Å². The molecule has 1 fully saturated rings. The van der Waals surface area contributed by atoms with Gasteiger partial charge in [0.15, 0.2) is 0 Å². The Hall–Kier alpha value is -2.22. The molecular weight excluding hydrogens is 420 g/mol. The minimum Gasteiger partial charge on any atom is -0.281 e. The van der Waals surface area contributed by atoms with Gasteiger partial charge in [0.05, 0.1) is 11.4 Å². The van der Waals surface area contributed by atoms with Gasteiger partial charge in [-0.25, -0.2) is 8.42 Å². The van der Waals surface area contributed by atoms with Crippen molar-refractivity contribution in [3.63, 3.8) is 0 Å². The van der Waals surface area contributed by atoms with E-state index >= 15 is 0 Å². The summed E-state index contributed by atoms with van der Waals surface area (Å²) >= 11 is 5.95. The number of piperidine rings is 1. The SMILES string of the molecule is Cc1n[nH]c(C)c1S(=O)(=O)N1CCCC(c2ccc(Cc3ccc(Cl)cc3)cn2)C1. The molecule has 0 bridgehead atoms. The van der Waals surface area contributed by atoms with Crippen molar-refractivity contribution in [2.75, 3.05) is 13.1 Å². The minimum absolute atomic E-state index is 0.0885. The monoisotopic (exact) mass is 444 g/mol. The minimum atomic E-state index is -3.57. The lowest BCUT2D eigenvalue weighted by atomic mass is 9.95. The predicted molar refractivity (Wildman–Crippen MR) is 117 cm³/mol. The third-order valence-electron chi connectivity index (χ3n) is 5.63. The van der Waals surface area contributed by atoms with Gasteiger partial charge in [0.2, 0.25) is 10.0 Å². The molecule has 6 nitrogen and oxygen atoms in total. The van der Waals surface area contributed by atoms with E-state index in [4.69, 9.17) is 11.6 Å². The van der Waals surface area contributed by atoms with E-state index in [9.17, 15) is 8.42 Å². The summed E-state index contributed by atoms with van der Waals surface area (Å²) in [4.78, 5) is 4.96. The molecule has 1 N–H and O–H groups in total. The topological polar surface area (TPSA) is 79.0 Å². The summed E-state index contributed by atoms with van der Waals surface area (Å²) in [6.45, 7) is 4.43. The number of pyridine rings is 1. The molecule has 1 saturated heterocycles. The highest BCUT2D eigenvalue weighted by atomic mass is 35.5. The van der Waals surface area contributed by atoms with E-state index in [1.807, 2.05) is 36.5 Å². The number of hydrogen-bond donors (Lipinski definition) is 1. The molecule has 1 aromatic carbocycles. The molecule has 4 rings (SSSR count). The lowest BCUT2D eigenvalue weighted by molar-refractivity contribution is 0.312. The van der Waals surface area contributed by atoms with E-state index in [-0.39, 0.29) is 5.92 Å². The molecule has 0 amide bonds.